The molecule has 13 atom stereocenters. The molecule has 508 valence electrons. The number of nitrogens with one attached hydrogen (secondary N) is 12. The topological polar surface area (TPSA) is 520 Å². The zero-order valence-electron chi connectivity index (χ0n) is 52.4. The first-order valence-electron chi connectivity index (χ1n) is 30.9. The summed E-state index contributed by atoms with van der Waals surface area (Å²) in [4.78, 5) is 168. The van der Waals surface area contributed by atoms with Crippen LogP contribution in [0.4, 0.5) is 0 Å². The molecule has 1 saturated heterocycles. The molecule has 0 spiro atoms. The van der Waals surface area contributed by atoms with Crippen molar-refractivity contribution >= 4 is 83.5 Å². The minimum atomic E-state index is -1.78. The third-order valence-electron chi connectivity index (χ3n) is 14.5. The van der Waals surface area contributed by atoms with Gasteiger partial charge in [-0.25, -0.2) is 0 Å². The molecule has 0 aliphatic carbocycles. The van der Waals surface area contributed by atoms with Crippen molar-refractivity contribution in [3.63, 3.8) is 0 Å². The van der Waals surface area contributed by atoms with Gasteiger partial charge in [-0.1, -0.05) is 76.8 Å². The van der Waals surface area contributed by atoms with E-state index in [4.69, 9.17) is 28.7 Å². The van der Waals surface area contributed by atoms with Gasteiger partial charge in [0.05, 0.1) is 18.2 Å². The minimum Gasteiger partial charge on any atom is -0.391 e. The second kappa shape index (κ2) is 42.8. The van der Waals surface area contributed by atoms with Gasteiger partial charge in [0.25, 0.3) is 0 Å². The zero-order chi connectivity index (χ0) is 67.5. The smallest absolute Gasteiger partial charge is 0.245 e. The lowest BCUT2D eigenvalue weighted by Crippen LogP contribution is -2.62. The van der Waals surface area contributed by atoms with Crippen molar-refractivity contribution in [1.82, 2.24) is 63.8 Å². The van der Waals surface area contributed by atoms with Crippen molar-refractivity contribution in [1.29, 1.82) is 0 Å². The predicted octanol–water partition coefficient (Wildman–Crippen LogP) is -6.08. The normalized spacial score (nSPS) is 22.2. The molecule has 1 aliphatic heterocycles. The Morgan fingerprint density at radius 3 is 1.67 bits per heavy atom. The molecule has 31 nitrogen and oxygen atoms in total. The Labute approximate surface area is 531 Å². The Balaban J connectivity index is 2.75. The summed E-state index contributed by atoms with van der Waals surface area (Å²) in [5, 5.41) is 52.3. The predicted molar refractivity (Wildman–Crippen MR) is 337 cm³/mol. The number of nitrogens with two attached hydrogens (primary N) is 5. The van der Waals surface area contributed by atoms with Gasteiger partial charge in [0.1, 0.15) is 60.4 Å². The number of hydrogen-bond acceptors (Lipinski definition) is 20. The van der Waals surface area contributed by atoms with E-state index in [9.17, 15) is 67.7 Å². The van der Waals surface area contributed by atoms with Gasteiger partial charge in [-0.05, 0) is 103 Å². The maximum atomic E-state index is 14.6. The van der Waals surface area contributed by atoms with Crippen LogP contribution in [0.2, 0.25) is 0 Å². The van der Waals surface area contributed by atoms with E-state index in [1.807, 2.05) is 0 Å². The van der Waals surface area contributed by atoms with E-state index in [2.05, 4.69) is 83.4 Å². The Kier molecular flexibility index (Phi) is 37.6. The van der Waals surface area contributed by atoms with Crippen LogP contribution in [0.25, 0.3) is 0 Å². The molecule has 2 rings (SSSR count). The monoisotopic (exact) mass is 1290 g/mol. The lowest BCUT2D eigenvalue weighted by atomic mass is 10.00. The fourth-order valence-corrected chi connectivity index (χ4v) is 9.58. The first-order chi connectivity index (χ1) is 42.7. The number of unbranched alkanes of at least 4 members (excludes halogenated alkanes) is 4. The fourth-order valence-electron chi connectivity index (χ4n) is 9.41. The van der Waals surface area contributed by atoms with E-state index in [0.717, 1.165) is 25.7 Å². The third kappa shape index (κ3) is 28.8. The summed E-state index contributed by atoms with van der Waals surface area (Å²) in [7, 11) is 0. The molecule has 0 radical (unpaired) electrons. The van der Waals surface area contributed by atoms with Crippen LogP contribution in [0.5, 0.6) is 0 Å². The van der Waals surface area contributed by atoms with E-state index in [0.29, 0.717) is 12.0 Å². The van der Waals surface area contributed by atoms with Crippen LogP contribution in [0.1, 0.15) is 124 Å². The van der Waals surface area contributed by atoms with Gasteiger partial charge in [0.15, 0.2) is 0 Å². The van der Waals surface area contributed by atoms with Crippen molar-refractivity contribution in [2.75, 3.05) is 45.0 Å². The second-order valence-corrected chi connectivity index (χ2v) is 23.1. The highest BCUT2D eigenvalue weighted by Gasteiger charge is 2.38. The molecule has 12 amide bonds. The molecule has 0 saturated carbocycles. The third-order valence-corrected chi connectivity index (χ3v) is 14.9. The summed E-state index contributed by atoms with van der Waals surface area (Å²) < 4.78 is 0. The summed E-state index contributed by atoms with van der Waals surface area (Å²) in [6.45, 7) is 6.51. The van der Waals surface area contributed by atoms with Crippen LogP contribution < -0.4 is 92.5 Å². The van der Waals surface area contributed by atoms with Gasteiger partial charge in [0, 0.05) is 31.7 Å². The quantitative estimate of drug-likeness (QED) is 0.0236. The van der Waals surface area contributed by atoms with E-state index >= 15 is 0 Å². The lowest BCUT2D eigenvalue weighted by molar-refractivity contribution is -0.137. The zero-order valence-corrected chi connectivity index (χ0v) is 53.3. The first kappa shape index (κ1) is 79.0. The maximum Gasteiger partial charge on any atom is 0.245 e. The molecule has 0 bridgehead atoms. The number of benzene rings is 1. The molecule has 1 fully saturated rings. The standard InChI is InChI=1S/C58H101N17O14S/c1-6-7-8-9-13-16-45(78)66-37(17-23-59)53(84)75-47(34(5)77)58(89)71-40(20-26-62)50(81)69-41-22-28-65-57(88)46(33(4)76)74-54(85)42(21-27-64-48(79)36(63)31-90)70-49(80)38(18-24-60)68-55(86)43(29-32(2)3)72-56(87)44(30-35-14-11-10-12-15-35)73-51(82)39(19-25-61)67-52(41)83/h10-12,14-15,32-34,36-44,46-47,76-77,90H,6-9,13,16-31,59-63H2,1-5H3,(H,64,79)(H,65,88)(H,66,78)(H,67,83)(H,68,86)(H,69,81)(H,70,80)(H,71,89)(H,72,87)(H,73,82)(H,74,85)(H,75,84)/t33-,34-,36+,37+,38+,39+,40+,41+,42+,43+,44-,46+,47+/m1/s1. The highest BCUT2D eigenvalue weighted by molar-refractivity contribution is 7.80. The molecule has 32 heteroatoms. The van der Waals surface area contributed by atoms with E-state index < -0.39 is 163 Å². The van der Waals surface area contributed by atoms with Crippen LogP contribution in [-0.4, -0.2) is 205 Å². The minimum absolute atomic E-state index is 0.00488. The molecule has 24 N–H and O–H groups in total. The summed E-state index contributed by atoms with van der Waals surface area (Å²) in [5.41, 5.74) is 30.0. The SMILES string of the molecule is CCCCCCCC(=O)N[C@@H](CCN)C(=O)N[C@H](C(=O)N[C@@H](CCN)C(=O)N[C@H]1CCNC(=O)[C@H]([C@@H](C)O)NC(=O)[C@H](CCNC(=O)[C@@H](N)CS)NC(=O)[C@H](CCN)NC(=O)[C@H](CC(C)C)NC(=O)[C@@H](Cc2ccccc2)NC(=O)[C@H](CCN)NC1=O)[C@@H](C)O. The molecule has 0 unspecified atom stereocenters. The Morgan fingerprint density at radius 1 is 0.600 bits per heavy atom. The van der Waals surface area contributed by atoms with E-state index in [1.54, 1.807) is 44.2 Å². The van der Waals surface area contributed by atoms with Gasteiger partial charge >= 0.3 is 0 Å². The summed E-state index contributed by atoms with van der Waals surface area (Å²) in [6.07, 6.45) is -0.512. The average Bonchev–Trinajstić information content (AvgIpc) is 2.34. The van der Waals surface area contributed by atoms with Gasteiger partial charge in [-0.3, -0.25) is 57.5 Å². The summed E-state index contributed by atoms with van der Waals surface area (Å²) >= 11 is 4.04. The van der Waals surface area contributed by atoms with E-state index in [1.165, 1.54) is 13.8 Å². The van der Waals surface area contributed by atoms with Crippen LogP contribution >= 0.6 is 12.6 Å². The molecule has 1 aromatic rings. The lowest BCUT2D eigenvalue weighted by Gasteiger charge is -2.29. The molecular weight excluding hydrogens is 1190 g/mol. The number of carbonyl (C=O) groups excluding carboxylic acids is 12. The molecule has 1 aliphatic rings. The van der Waals surface area contributed by atoms with Crippen molar-refractivity contribution in [3.05, 3.63) is 35.9 Å². The van der Waals surface area contributed by atoms with Gasteiger partial charge in [0.2, 0.25) is 70.9 Å². The number of aliphatic hydroxyl groups excluding tert-OH is 2. The molecule has 1 heterocycles. The second-order valence-electron chi connectivity index (χ2n) is 22.7. The molecule has 90 heavy (non-hydrogen) atoms. The molecular formula is C58H101N17O14S. The molecule has 1 aromatic carbocycles. The van der Waals surface area contributed by atoms with E-state index in [-0.39, 0.29) is 95.8 Å². The number of rotatable bonds is 32. The van der Waals surface area contributed by atoms with Crippen LogP contribution in [0.15, 0.2) is 30.3 Å². The largest absolute Gasteiger partial charge is 0.391 e. The molecule has 0 aromatic heterocycles. The Morgan fingerprint density at radius 2 is 1.12 bits per heavy atom. The van der Waals surface area contributed by atoms with Crippen molar-refractivity contribution in [3.8, 4) is 0 Å². The Hall–Kier alpha value is -7.07. The average molecular weight is 1290 g/mol. The number of thiol groups is 1. The van der Waals surface area contributed by atoms with Crippen LogP contribution in [0.3, 0.4) is 0 Å². The highest BCUT2D eigenvalue weighted by Crippen LogP contribution is 2.12. The van der Waals surface area contributed by atoms with Crippen molar-refractivity contribution < 1.29 is 67.7 Å². The van der Waals surface area contributed by atoms with Crippen LogP contribution in [0, 0.1) is 5.92 Å². The van der Waals surface area contributed by atoms with Gasteiger partial charge < -0.3 is 103 Å². The van der Waals surface area contributed by atoms with Crippen molar-refractivity contribution in [2.45, 2.75) is 203 Å². The van der Waals surface area contributed by atoms with Crippen LogP contribution in [-0.2, 0) is 64.0 Å². The summed E-state index contributed by atoms with van der Waals surface area (Å²) in [6, 6.07) is -7.89. The number of carbonyl (C=O) groups is 12. The highest BCUT2D eigenvalue weighted by atomic mass is 32.1. The fraction of sp³-hybridized carbons (Fsp3) is 0.690. The van der Waals surface area contributed by atoms with Gasteiger partial charge in [-0.2, -0.15) is 12.6 Å². The summed E-state index contributed by atoms with van der Waals surface area (Å²) in [5.74, 6) is -11.1. The number of hydrogen-bond donors (Lipinski definition) is 20. The van der Waals surface area contributed by atoms with Gasteiger partial charge in [-0.15, -0.1) is 0 Å². The number of aliphatic hydroxyl groups is 2. The Bertz CT molecular complexity index is 2480. The first-order valence-corrected chi connectivity index (χ1v) is 31.5. The number of amides is 12. The van der Waals surface area contributed by atoms with Crippen molar-refractivity contribution in [2.24, 2.45) is 34.6 Å². The maximum absolute atomic E-state index is 14.6.